The standard InChI is InChI=1S/C16H25NS.C8H16BNO2S/c1-12(2)9-13(3)10-16(18)15(17)11-14-7-5-4-6-8-14;1-6(9(11)12)5-8(13)7-3-2-4-10-7/h4-8,12-13,15H,9-11,17H2,1-3H3;6-7,10-12H,2-5H2,1H3/t13-,15+;6-,7+/m11/s1. The third-order valence-electron chi connectivity index (χ3n) is 5.62. The Kier molecular flexibility index (Phi) is 13.9. The lowest BCUT2D eigenvalue weighted by Crippen LogP contribution is -2.32. The first kappa shape index (κ1) is 28.3. The first-order valence-electron chi connectivity index (χ1n) is 11.5. The maximum Gasteiger partial charge on any atom is 0.454 e. The third-order valence-corrected chi connectivity index (χ3v) is 6.54. The van der Waals surface area contributed by atoms with Gasteiger partial charge in [-0.15, -0.1) is 0 Å². The number of rotatable bonds is 11. The number of nitrogens with one attached hydrogen (secondary N) is 1. The van der Waals surface area contributed by atoms with Crippen LogP contribution in [0.2, 0.25) is 5.82 Å². The summed E-state index contributed by atoms with van der Waals surface area (Å²) in [6, 6.07) is 10.7. The zero-order valence-corrected chi connectivity index (χ0v) is 21.2. The Balaban J connectivity index is 0.000000327. The molecule has 1 heterocycles. The smallest absolute Gasteiger partial charge is 0.427 e. The summed E-state index contributed by atoms with van der Waals surface area (Å²) < 4.78 is 0. The van der Waals surface area contributed by atoms with E-state index in [1.54, 1.807) is 6.92 Å². The highest BCUT2D eigenvalue weighted by molar-refractivity contribution is 7.80. The predicted molar refractivity (Wildman–Crippen MR) is 142 cm³/mol. The van der Waals surface area contributed by atoms with Gasteiger partial charge in [-0.05, 0) is 68.3 Å². The van der Waals surface area contributed by atoms with Gasteiger partial charge in [0.15, 0.2) is 0 Å². The van der Waals surface area contributed by atoms with Gasteiger partial charge in [-0.3, -0.25) is 0 Å². The molecule has 0 amide bonds. The Bertz CT molecular complexity index is 652. The van der Waals surface area contributed by atoms with Crippen molar-refractivity contribution in [1.29, 1.82) is 0 Å². The highest BCUT2D eigenvalue weighted by atomic mass is 32.1. The molecule has 0 bridgehead atoms. The number of thiocarbonyl (C=S) groups is 2. The fraction of sp³-hybridized carbons (Fsp3) is 0.667. The lowest BCUT2D eigenvalue weighted by molar-refractivity contribution is 0.389. The zero-order valence-electron chi connectivity index (χ0n) is 19.6. The molecule has 0 unspecified atom stereocenters. The molecule has 1 aromatic carbocycles. The minimum atomic E-state index is -1.25. The highest BCUT2D eigenvalue weighted by Crippen LogP contribution is 2.18. The molecule has 174 valence electrons. The second-order valence-corrected chi connectivity index (χ2v) is 10.5. The molecule has 4 nitrogen and oxygen atoms in total. The molecule has 5 N–H and O–H groups in total. The van der Waals surface area contributed by atoms with E-state index < -0.39 is 7.12 Å². The molecule has 0 radical (unpaired) electrons. The van der Waals surface area contributed by atoms with Crippen LogP contribution in [-0.4, -0.2) is 45.5 Å². The van der Waals surface area contributed by atoms with Crippen LogP contribution in [0.4, 0.5) is 0 Å². The quantitative estimate of drug-likeness (QED) is 0.288. The Hall–Kier alpha value is -0.695. The summed E-state index contributed by atoms with van der Waals surface area (Å²) in [6.45, 7) is 9.60. The van der Waals surface area contributed by atoms with Gasteiger partial charge in [0.1, 0.15) is 0 Å². The second kappa shape index (κ2) is 15.2. The molecule has 0 aliphatic carbocycles. The van der Waals surface area contributed by atoms with Crippen LogP contribution >= 0.6 is 24.4 Å². The van der Waals surface area contributed by atoms with E-state index in [1.807, 2.05) is 18.2 Å². The van der Waals surface area contributed by atoms with Crippen LogP contribution in [0.25, 0.3) is 0 Å². The summed E-state index contributed by atoms with van der Waals surface area (Å²) in [4.78, 5) is 1.95. The lowest BCUT2D eigenvalue weighted by Gasteiger charge is -2.18. The van der Waals surface area contributed by atoms with Crippen LogP contribution in [-0.2, 0) is 6.42 Å². The van der Waals surface area contributed by atoms with Gasteiger partial charge < -0.3 is 21.1 Å². The number of hydrogen-bond donors (Lipinski definition) is 4. The van der Waals surface area contributed by atoms with Gasteiger partial charge in [-0.2, -0.15) is 0 Å². The number of nitrogens with two attached hydrogens (primary N) is 1. The minimum Gasteiger partial charge on any atom is -0.427 e. The first-order valence-corrected chi connectivity index (χ1v) is 12.4. The second-order valence-electron chi connectivity index (χ2n) is 9.41. The maximum absolute atomic E-state index is 8.89. The molecular formula is C24H41BN2O2S2. The fourth-order valence-corrected chi connectivity index (χ4v) is 4.72. The molecule has 2 rings (SSSR count). The topological polar surface area (TPSA) is 78.5 Å². The monoisotopic (exact) mass is 464 g/mol. The van der Waals surface area contributed by atoms with Crippen molar-refractivity contribution in [3.8, 4) is 0 Å². The Labute approximate surface area is 200 Å². The summed E-state index contributed by atoms with van der Waals surface area (Å²) in [7, 11) is -1.25. The average Bonchev–Trinajstić information content (AvgIpc) is 3.23. The Morgan fingerprint density at radius 2 is 1.77 bits per heavy atom. The third kappa shape index (κ3) is 12.2. The molecule has 1 aromatic rings. The molecule has 31 heavy (non-hydrogen) atoms. The molecule has 1 fully saturated rings. The average molecular weight is 465 g/mol. The maximum atomic E-state index is 8.89. The van der Waals surface area contributed by atoms with Gasteiger partial charge in [0.2, 0.25) is 0 Å². The van der Waals surface area contributed by atoms with E-state index in [0.29, 0.717) is 18.4 Å². The zero-order chi connectivity index (χ0) is 23.4. The fourth-order valence-electron chi connectivity index (χ4n) is 3.89. The van der Waals surface area contributed by atoms with Crippen molar-refractivity contribution < 1.29 is 10.0 Å². The highest BCUT2D eigenvalue weighted by Gasteiger charge is 2.24. The largest absolute Gasteiger partial charge is 0.454 e. The van der Waals surface area contributed by atoms with Crippen molar-refractivity contribution in [3.63, 3.8) is 0 Å². The minimum absolute atomic E-state index is 0.0111. The van der Waals surface area contributed by atoms with E-state index in [-0.39, 0.29) is 11.9 Å². The normalized spacial score (nSPS) is 18.6. The van der Waals surface area contributed by atoms with Gasteiger partial charge in [-0.1, -0.05) is 82.5 Å². The summed E-state index contributed by atoms with van der Waals surface area (Å²) in [5, 5.41) is 21.1. The molecule has 0 saturated carbocycles. The van der Waals surface area contributed by atoms with Crippen LogP contribution in [0, 0.1) is 11.8 Å². The molecule has 7 heteroatoms. The van der Waals surface area contributed by atoms with Crippen molar-refractivity contribution in [2.45, 2.75) is 84.1 Å². The summed E-state index contributed by atoms with van der Waals surface area (Å²) >= 11 is 10.7. The van der Waals surface area contributed by atoms with Crippen LogP contribution < -0.4 is 11.1 Å². The predicted octanol–water partition coefficient (Wildman–Crippen LogP) is 4.36. The van der Waals surface area contributed by atoms with Crippen molar-refractivity contribution in [2.75, 3.05) is 6.54 Å². The lowest BCUT2D eigenvalue weighted by atomic mass is 9.71. The van der Waals surface area contributed by atoms with E-state index in [9.17, 15) is 0 Å². The van der Waals surface area contributed by atoms with Gasteiger partial charge in [0.25, 0.3) is 0 Å². The van der Waals surface area contributed by atoms with Crippen LogP contribution in [0.5, 0.6) is 0 Å². The first-order chi connectivity index (χ1) is 14.6. The van der Waals surface area contributed by atoms with Crippen LogP contribution in [0.15, 0.2) is 30.3 Å². The van der Waals surface area contributed by atoms with E-state index in [4.69, 9.17) is 40.2 Å². The molecule has 0 spiro atoms. The summed E-state index contributed by atoms with van der Waals surface area (Å²) in [5.41, 5.74) is 7.45. The van der Waals surface area contributed by atoms with E-state index in [1.165, 1.54) is 18.4 Å². The van der Waals surface area contributed by atoms with Crippen LogP contribution in [0.1, 0.15) is 65.4 Å². The van der Waals surface area contributed by atoms with E-state index in [2.05, 4.69) is 38.2 Å². The van der Waals surface area contributed by atoms with E-state index in [0.717, 1.165) is 41.5 Å². The molecular weight excluding hydrogens is 423 g/mol. The summed E-state index contributed by atoms with van der Waals surface area (Å²) in [5.74, 6) is 1.21. The van der Waals surface area contributed by atoms with Crippen molar-refractivity contribution in [1.82, 2.24) is 5.32 Å². The molecule has 0 aromatic heterocycles. The van der Waals surface area contributed by atoms with Gasteiger partial charge in [0.05, 0.1) is 0 Å². The van der Waals surface area contributed by atoms with Crippen molar-refractivity contribution in [2.24, 2.45) is 17.6 Å². The Morgan fingerprint density at radius 3 is 2.29 bits per heavy atom. The Morgan fingerprint density at radius 1 is 1.13 bits per heavy atom. The van der Waals surface area contributed by atoms with Gasteiger partial charge in [0, 0.05) is 21.8 Å². The van der Waals surface area contributed by atoms with Crippen LogP contribution in [0.3, 0.4) is 0 Å². The number of benzene rings is 1. The molecule has 1 aliphatic rings. The van der Waals surface area contributed by atoms with E-state index >= 15 is 0 Å². The summed E-state index contributed by atoms with van der Waals surface area (Å²) in [6.07, 6.45) is 5.92. The van der Waals surface area contributed by atoms with Crippen molar-refractivity contribution in [3.05, 3.63) is 35.9 Å². The SMILES string of the molecule is CC(C)C[C@@H](C)CC(=S)[C@@H](N)Cc1ccccc1.C[C@H](CC(=S)[C@@H]1CCCN1)B(O)O. The molecule has 1 aliphatic heterocycles. The van der Waals surface area contributed by atoms with Crippen molar-refractivity contribution >= 4 is 41.3 Å². The molecule has 4 atom stereocenters. The van der Waals surface area contributed by atoms with Gasteiger partial charge in [-0.25, -0.2) is 0 Å². The molecule has 1 saturated heterocycles. The van der Waals surface area contributed by atoms with Gasteiger partial charge >= 0.3 is 7.12 Å². The number of hydrogen-bond acceptors (Lipinski definition) is 6.